The summed E-state index contributed by atoms with van der Waals surface area (Å²) in [4.78, 5) is 23.9. The van der Waals surface area contributed by atoms with Crippen molar-refractivity contribution in [3.63, 3.8) is 0 Å². The van der Waals surface area contributed by atoms with Gasteiger partial charge in [0.25, 0.3) is 0 Å². The Morgan fingerprint density at radius 1 is 1.03 bits per heavy atom. The zero-order valence-corrected chi connectivity index (χ0v) is 21.9. The Balaban J connectivity index is 1.25. The number of halogens is 1. The number of fused-ring (bicyclic) bond motifs is 1. The standard InChI is InChI=1S/C26H28ClN7O2S/c27-19-3-1-18(2-4-19)26(35)5-7-33(8-6-26)16-20-13-21-22(37-20)24(34-9-11-36-12-10-34)32-23(31-21)17-14-29-25(28)30-15-17/h1-4,13-15,35H,5-12,16H2,(H2,28,29,30). The molecule has 2 aliphatic rings. The first-order valence-corrected chi connectivity index (χ1v) is 13.6. The molecule has 0 saturated carbocycles. The smallest absolute Gasteiger partial charge is 0.219 e. The molecule has 3 N–H and O–H groups in total. The number of aromatic nitrogens is 4. The molecule has 0 unspecified atom stereocenters. The summed E-state index contributed by atoms with van der Waals surface area (Å²) in [7, 11) is 0. The Morgan fingerprint density at radius 3 is 2.43 bits per heavy atom. The molecule has 0 radical (unpaired) electrons. The summed E-state index contributed by atoms with van der Waals surface area (Å²) in [5.41, 5.74) is 7.45. The molecule has 0 amide bonds. The maximum absolute atomic E-state index is 11.2. The molecule has 0 atom stereocenters. The van der Waals surface area contributed by atoms with Gasteiger partial charge in [0.1, 0.15) is 0 Å². The third-order valence-electron chi connectivity index (χ3n) is 7.09. The molecule has 2 aliphatic heterocycles. The van der Waals surface area contributed by atoms with Crippen LogP contribution in [0.4, 0.5) is 11.8 Å². The van der Waals surface area contributed by atoms with Crippen LogP contribution in [0, 0.1) is 0 Å². The van der Waals surface area contributed by atoms with Gasteiger partial charge in [0.05, 0.1) is 34.6 Å². The third kappa shape index (κ3) is 5.12. The van der Waals surface area contributed by atoms with Gasteiger partial charge in [-0.1, -0.05) is 23.7 Å². The van der Waals surface area contributed by atoms with Crippen LogP contribution < -0.4 is 10.6 Å². The number of nitrogen functional groups attached to an aromatic ring is 1. The van der Waals surface area contributed by atoms with Gasteiger partial charge in [0.2, 0.25) is 5.95 Å². The van der Waals surface area contributed by atoms with Crippen molar-refractivity contribution < 1.29 is 9.84 Å². The van der Waals surface area contributed by atoms with E-state index in [9.17, 15) is 5.11 Å². The first kappa shape index (κ1) is 24.4. The molecule has 5 heterocycles. The number of anilines is 2. The number of hydrogen-bond acceptors (Lipinski definition) is 10. The average molecular weight is 538 g/mol. The lowest BCUT2D eigenvalue weighted by Crippen LogP contribution is -2.42. The number of piperidine rings is 1. The number of benzene rings is 1. The molecule has 0 aliphatic carbocycles. The lowest BCUT2D eigenvalue weighted by molar-refractivity contribution is -0.0275. The van der Waals surface area contributed by atoms with Crippen molar-refractivity contribution in [3.05, 3.63) is 58.2 Å². The number of nitrogens with zero attached hydrogens (tertiary/aromatic N) is 6. The highest BCUT2D eigenvalue weighted by molar-refractivity contribution is 7.19. The molecule has 3 aromatic heterocycles. The Morgan fingerprint density at radius 2 is 1.73 bits per heavy atom. The van der Waals surface area contributed by atoms with Crippen LogP contribution in [0.15, 0.2) is 42.7 Å². The Bertz CT molecular complexity index is 1380. The second-order valence-electron chi connectivity index (χ2n) is 9.54. The number of rotatable bonds is 5. The van der Waals surface area contributed by atoms with Crippen LogP contribution in [0.2, 0.25) is 5.02 Å². The minimum atomic E-state index is -0.813. The van der Waals surface area contributed by atoms with Crippen molar-refractivity contribution in [3.8, 4) is 11.4 Å². The van der Waals surface area contributed by atoms with E-state index in [-0.39, 0.29) is 5.95 Å². The fourth-order valence-electron chi connectivity index (χ4n) is 4.96. The first-order chi connectivity index (χ1) is 18.0. The summed E-state index contributed by atoms with van der Waals surface area (Å²) >= 11 is 7.77. The Kier molecular flexibility index (Phi) is 6.68. The molecule has 37 heavy (non-hydrogen) atoms. The minimum absolute atomic E-state index is 0.223. The molecule has 0 bridgehead atoms. The maximum Gasteiger partial charge on any atom is 0.219 e. The number of nitrogens with two attached hydrogens (primary N) is 1. The highest BCUT2D eigenvalue weighted by Gasteiger charge is 2.34. The van der Waals surface area contributed by atoms with Crippen LogP contribution in [0.25, 0.3) is 21.6 Å². The van der Waals surface area contributed by atoms with Crippen molar-refractivity contribution in [2.24, 2.45) is 0 Å². The van der Waals surface area contributed by atoms with E-state index in [2.05, 4.69) is 25.8 Å². The Labute approximate surface area is 223 Å². The zero-order valence-electron chi connectivity index (χ0n) is 20.3. The maximum atomic E-state index is 11.2. The molecule has 4 aromatic rings. The number of morpholine rings is 1. The van der Waals surface area contributed by atoms with Gasteiger partial charge < -0.3 is 20.5 Å². The fourth-order valence-corrected chi connectivity index (χ4v) is 6.25. The van der Waals surface area contributed by atoms with Crippen LogP contribution >= 0.6 is 22.9 Å². The molecule has 1 aromatic carbocycles. The quantitative estimate of drug-likeness (QED) is 0.393. The SMILES string of the molecule is Nc1ncc(-c2nc(N3CCOCC3)c3sc(CN4CCC(O)(c5ccc(Cl)cc5)CC4)cc3n2)cn1. The van der Waals surface area contributed by atoms with Crippen molar-refractivity contribution in [1.29, 1.82) is 0 Å². The predicted molar refractivity (Wildman–Crippen MR) is 146 cm³/mol. The van der Waals surface area contributed by atoms with Gasteiger partial charge in [-0.3, -0.25) is 4.90 Å². The molecule has 2 fully saturated rings. The van der Waals surface area contributed by atoms with E-state index in [1.54, 1.807) is 23.7 Å². The van der Waals surface area contributed by atoms with Crippen LogP contribution in [-0.2, 0) is 16.9 Å². The van der Waals surface area contributed by atoms with Crippen LogP contribution in [0.5, 0.6) is 0 Å². The lowest BCUT2D eigenvalue weighted by atomic mass is 9.84. The molecular weight excluding hydrogens is 510 g/mol. The number of aliphatic hydroxyl groups is 1. The fraction of sp³-hybridized carbons (Fsp3) is 0.385. The predicted octanol–water partition coefficient (Wildman–Crippen LogP) is 3.70. The van der Waals surface area contributed by atoms with E-state index in [4.69, 9.17) is 32.0 Å². The topological polar surface area (TPSA) is 114 Å². The van der Waals surface area contributed by atoms with E-state index in [0.29, 0.717) is 36.9 Å². The van der Waals surface area contributed by atoms with Gasteiger partial charge in [-0.15, -0.1) is 11.3 Å². The number of likely N-dealkylation sites (tertiary alicyclic amines) is 1. The zero-order chi connectivity index (χ0) is 25.4. The van der Waals surface area contributed by atoms with Crippen LogP contribution in [0.1, 0.15) is 23.3 Å². The molecule has 0 spiro atoms. The van der Waals surface area contributed by atoms with E-state index >= 15 is 0 Å². The van der Waals surface area contributed by atoms with Gasteiger partial charge in [0, 0.05) is 55.0 Å². The van der Waals surface area contributed by atoms with Crippen LogP contribution in [-0.4, -0.2) is 69.3 Å². The lowest BCUT2D eigenvalue weighted by Gasteiger charge is -2.38. The molecule has 192 valence electrons. The summed E-state index contributed by atoms with van der Waals surface area (Å²) < 4.78 is 6.65. The summed E-state index contributed by atoms with van der Waals surface area (Å²) in [5, 5.41) is 11.9. The highest BCUT2D eigenvalue weighted by atomic mass is 35.5. The van der Waals surface area contributed by atoms with Gasteiger partial charge in [-0.25, -0.2) is 19.9 Å². The van der Waals surface area contributed by atoms with Crippen molar-refractivity contribution >= 4 is 44.9 Å². The van der Waals surface area contributed by atoms with Crippen molar-refractivity contribution in [1.82, 2.24) is 24.8 Å². The van der Waals surface area contributed by atoms with E-state index in [0.717, 1.165) is 59.9 Å². The summed E-state index contributed by atoms with van der Waals surface area (Å²) in [6.07, 6.45) is 4.68. The second-order valence-corrected chi connectivity index (χ2v) is 11.1. The molecule has 2 saturated heterocycles. The van der Waals surface area contributed by atoms with Crippen molar-refractivity contribution in [2.75, 3.05) is 50.0 Å². The summed E-state index contributed by atoms with van der Waals surface area (Å²) in [6, 6.07) is 9.71. The second kappa shape index (κ2) is 10.1. The third-order valence-corrected chi connectivity index (χ3v) is 8.45. The van der Waals surface area contributed by atoms with Gasteiger partial charge in [-0.2, -0.15) is 0 Å². The highest BCUT2D eigenvalue weighted by Crippen LogP contribution is 2.37. The Hall–Kier alpha value is -2.89. The average Bonchev–Trinajstić information content (AvgIpc) is 3.33. The van der Waals surface area contributed by atoms with Gasteiger partial charge >= 0.3 is 0 Å². The minimum Gasteiger partial charge on any atom is -0.385 e. The first-order valence-electron chi connectivity index (χ1n) is 12.4. The number of thiophene rings is 1. The van der Waals surface area contributed by atoms with E-state index in [1.165, 1.54) is 4.88 Å². The van der Waals surface area contributed by atoms with Crippen LogP contribution in [0.3, 0.4) is 0 Å². The van der Waals surface area contributed by atoms with Crippen molar-refractivity contribution in [2.45, 2.75) is 25.0 Å². The van der Waals surface area contributed by atoms with E-state index < -0.39 is 5.60 Å². The normalized spacial score (nSPS) is 18.4. The monoisotopic (exact) mass is 537 g/mol. The molecule has 6 rings (SSSR count). The largest absolute Gasteiger partial charge is 0.385 e. The molecular formula is C26H28ClN7O2S. The molecule has 9 nitrogen and oxygen atoms in total. The summed E-state index contributed by atoms with van der Waals surface area (Å²) in [6.45, 7) is 5.34. The number of ether oxygens (including phenoxy) is 1. The van der Waals surface area contributed by atoms with Gasteiger partial charge in [-0.05, 0) is 36.6 Å². The van der Waals surface area contributed by atoms with Gasteiger partial charge in [0.15, 0.2) is 11.6 Å². The molecule has 11 heteroatoms. The number of hydrogen-bond donors (Lipinski definition) is 2. The summed E-state index contributed by atoms with van der Waals surface area (Å²) in [5.74, 6) is 1.73. The van der Waals surface area contributed by atoms with E-state index in [1.807, 2.05) is 24.3 Å².